The van der Waals surface area contributed by atoms with E-state index < -0.39 is 0 Å². The maximum absolute atomic E-state index is 14.3. The van der Waals surface area contributed by atoms with Gasteiger partial charge in [-0.15, -0.1) is 0 Å². The van der Waals surface area contributed by atoms with E-state index >= 15 is 0 Å². The second-order valence-electron chi connectivity index (χ2n) is 4.59. The summed E-state index contributed by atoms with van der Waals surface area (Å²) in [6.45, 7) is 7.94. The third kappa shape index (κ3) is 3.70. The standard InChI is InChI=1S/C15H20BrFN2/c1-4-11(5-2)10-19(6-3)13-8-7-12(9-18)14(16)15(13)17/h7-8,11H,4-6,10H2,1-3H3. The topological polar surface area (TPSA) is 27.0 Å². The van der Waals surface area contributed by atoms with Crippen molar-refractivity contribution in [1.82, 2.24) is 0 Å². The summed E-state index contributed by atoms with van der Waals surface area (Å²) in [6, 6.07) is 5.34. The molecule has 0 bridgehead atoms. The van der Waals surface area contributed by atoms with Crippen molar-refractivity contribution >= 4 is 21.6 Å². The molecule has 0 aromatic heterocycles. The van der Waals surface area contributed by atoms with Crippen molar-refractivity contribution < 1.29 is 4.39 Å². The molecule has 0 radical (unpaired) electrons. The van der Waals surface area contributed by atoms with E-state index in [1.54, 1.807) is 12.1 Å². The van der Waals surface area contributed by atoms with E-state index in [9.17, 15) is 4.39 Å². The molecule has 19 heavy (non-hydrogen) atoms. The zero-order chi connectivity index (χ0) is 14.4. The van der Waals surface area contributed by atoms with Gasteiger partial charge >= 0.3 is 0 Å². The molecule has 0 spiro atoms. The summed E-state index contributed by atoms with van der Waals surface area (Å²) in [4.78, 5) is 2.04. The van der Waals surface area contributed by atoms with Crippen molar-refractivity contribution in [3.05, 3.63) is 28.0 Å². The zero-order valence-corrected chi connectivity index (χ0v) is 13.3. The smallest absolute Gasteiger partial charge is 0.161 e. The average Bonchev–Trinajstić information content (AvgIpc) is 2.44. The first-order valence-corrected chi connectivity index (χ1v) is 7.51. The highest BCUT2D eigenvalue weighted by Gasteiger charge is 2.17. The van der Waals surface area contributed by atoms with Crippen LogP contribution in [0.15, 0.2) is 16.6 Å². The number of anilines is 1. The molecule has 0 amide bonds. The largest absolute Gasteiger partial charge is 0.369 e. The first-order chi connectivity index (χ1) is 9.08. The maximum Gasteiger partial charge on any atom is 0.161 e. The molecule has 104 valence electrons. The van der Waals surface area contributed by atoms with E-state index in [2.05, 4.69) is 29.8 Å². The van der Waals surface area contributed by atoms with Crippen molar-refractivity contribution in [2.75, 3.05) is 18.0 Å². The predicted octanol–water partition coefficient (Wildman–Crippen LogP) is 4.72. The summed E-state index contributed by atoms with van der Waals surface area (Å²) < 4.78 is 14.6. The lowest BCUT2D eigenvalue weighted by molar-refractivity contribution is 0.481. The fourth-order valence-electron chi connectivity index (χ4n) is 2.13. The Balaban J connectivity index is 3.06. The molecule has 0 heterocycles. The van der Waals surface area contributed by atoms with Gasteiger partial charge in [-0.05, 0) is 40.9 Å². The summed E-state index contributed by atoms with van der Waals surface area (Å²) in [5, 5.41) is 8.89. The van der Waals surface area contributed by atoms with E-state index in [-0.39, 0.29) is 10.3 Å². The lowest BCUT2D eigenvalue weighted by Crippen LogP contribution is -2.29. The van der Waals surface area contributed by atoms with Crippen molar-refractivity contribution in [1.29, 1.82) is 5.26 Å². The van der Waals surface area contributed by atoms with Crippen LogP contribution in [0.1, 0.15) is 39.2 Å². The van der Waals surface area contributed by atoms with Gasteiger partial charge in [-0.1, -0.05) is 26.7 Å². The normalized spacial score (nSPS) is 10.6. The highest BCUT2D eigenvalue weighted by atomic mass is 79.9. The van der Waals surface area contributed by atoms with E-state index in [4.69, 9.17) is 5.26 Å². The van der Waals surface area contributed by atoms with Crippen LogP contribution < -0.4 is 4.90 Å². The van der Waals surface area contributed by atoms with Crippen molar-refractivity contribution in [2.24, 2.45) is 5.92 Å². The second kappa shape index (κ2) is 7.49. The first-order valence-electron chi connectivity index (χ1n) is 6.71. The van der Waals surface area contributed by atoms with Gasteiger partial charge in [-0.25, -0.2) is 4.39 Å². The third-order valence-corrected chi connectivity index (χ3v) is 4.31. The Morgan fingerprint density at radius 1 is 1.32 bits per heavy atom. The number of hydrogen-bond acceptors (Lipinski definition) is 2. The average molecular weight is 327 g/mol. The summed E-state index contributed by atoms with van der Waals surface area (Å²) >= 11 is 3.16. The van der Waals surface area contributed by atoms with Crippen molar-refractivity contribution in [3.63, 3.8) is 0 Å². The van der Waals surface area contributed by atoms with Crippen molar-refractivity contribution in [2.45, 2.75) is 33.6 Å². The molecule has 0 saturated heterocycles. The fourth-order valence-corrected chi connectivity index (χ4v) is 2.55. The van der Waals surface area contributed by atoms with Gasteiger partial charge in [0.05, 0.1) is 15.7 Å². The van der Waals surface area contributed by atoms with Crippen LogP contribution in [0, 0.1) is 23.1 Å². The number of halogens is 2. The van der Waals surface area contributed by atoms with Crippen LogP contribution in [0.2, 0.25) is 0 Å². The predicted molar refractivity (Wildman–Crippen MR) is 80.8 cm³/mol. The Morgan fingerprint density at radius 2 is 1.95 bits per heavy atom. The first kappa shape index (κ1) is 16.0. The molecule has 2 nitrogen and oxygen atoms in total. The van der Waals surface area contributed by atoms with Crippen LogP contribution in [0.25, 0.3) is 0 Å². The summed E-state index contributed by atoms with van der Waals surface area (Å²) in [7, 11) is 0. The molecule has 0 unspecified atom stereocenters. The van der Waals surface area contributed by atoms with Crippen LogP contribution in [-0.4, -0.2) is 13.1 Å². The molecule has 0 atom stereocenters. The molecule has 0 saturated carbocycles. The molecular weight excluding hydrogens is 307 g/mol. The number of benzene rings is 1. The van der Waals surface area contributed by atoms with Crippen LogP contribution in [-0.2, 0) is 0 Å². The Kier molecular flexibility index (Phi) is 6.30. The van der Waals surface area contributed by atoms with Crippen LogP contribution in [0.4, 0.5) is 10.1 Å². The number of rotatable bonds is 6. The summed E-state index contributed by atoms with van der Waals surface area (Å²) in [5.74, 6) is 0.223. The van der Waals surface area contributed by atoms with Gasteiger partial charge in [-0.3, -0.25) is 0 Å². The molecule has 0 fully saturated rings. The Morgan fingerprint density at radius 3 is 2.42 bits per heavy atom. The van der Waals surface area contributed by atoms with Gasteiger partial charge in [0.1, 0.15) is 6.07 Å². The van der Waals surface area contributed by atoms with E-state index in [1.165, 1.54) is 0 Å². The van der Waals surface area contributed by atoms with Crippen molar-refractivity contribution in [3.8, 4) is 6.07 Å². The van der Waals surface area contributed by atoms with Crippen LogP contribution in [0.3, 0.4) is 0 Å². The minimum absolute atomic E-state index is 0.260. The highest BCUT2D eigenvalue weighted by Crippen LogP contribution is 2.30. The molecular formula is C15H20BrFN2. The molecule has 0 aliphatic carbocycles. The lowest BCUT2D eigenvalue weighted by Gasteiger charge is -2.28. The van der Waals surface area contributed by atoms with E-state index in [0.717, 1.165) is 25.9 Å². The molecule has 0 aliphatic rings. The lowest BCUT2D eigenvalue weighted by atomic mass is 10.0. The molecule has 0 aliphatic heterocycles. The fraction of sp³-hybridized carbons (Fsp3) is 0.533. The monoisotopic (exact) mass is 326 g/mol. The quantitative estimate of drug-likeness (QED) is 0.756. The van der Waals surface area contributed by atoms with Gasteiger partial charge in [0.15, 0.2) is 5.82 Å². The molecule has 0 N–H and O–H groups in total. The highest BCUT2D eigenvalue weighted by molar-refractivity contribution is 9.10. The van der Waals surface area contributed by atoms with Gasteiger partial charge in [-0.2, -0.15) is 5.26 Å². The third-order valence-electron chi connectivity index (χ3n) is 3.54. The van der Waals surface area contributed by atoms with Gasteiger partial charge < -0.3 is 4.90 Å². The summed E-state index contributed by atoms with van der Waals surface area (Å²) in [5.41, 5.74) is 0.903. The minimum Gasteiger partial charge on any atom is -0.369 e. The SMILES string of the molecule is CCC(CC)CN(CC)c1ccc(C#N)c(Br)c1F. The van der Waals surface area contributed by atoms with E-state index in [1.807, 2.05) is 17.9 Å². The Hall–Kier alpha value is -1.08. The zero-order valence-electron chi connectivity index (χ0n) is 11.7. The Bertz CT molecular complexity index is 464. The molecule has 1 rings (SSSR count). The molecule has 1 aromatic rings. The van der Waals surface area contributed by atoms with Crippen LogP contribution in [0.5, 0.6) is 0 Å². The summed E-state index contributed by atoms with van der Waals surface area (Å²) in [6.07, 6.45) is 2.18. The number of nitriles is 1. The number of hydrogen-bond donors (Lipinski definition) is 0. The van der Waals surface area contributed by atoms with Gasteiger partial charge in [0.2, 0.25) is 0 Å². The van der Waals surface area contributed by atoms with Gasteiger partial charge in [0.25, 0.3) is 0 Å². The number of nitrogens with zero attached hydrogens (tertiary/aromatic N) is 2. The molecule has 4 heteroatoms. The minimum atomic E-state index is -0.341. The molecule has 1 aromatic carbocycles. The second-order valence-corrected chi connectivity index (χ2v) is 5.39. The van der Waals surface area contributed by atoms with E-state index in [0.29, 0.717) is 17.2 Å². The maximum atomic E-state index is 14.3. The van der Waals surface area contributed by atoms with Gasteiger partial charge in [0, 0.05) is 13.1 Å². The van der Waals surface area contributed by atoms with Crippen LogP contribution >= 0.6 is 15.9 Å². The Labute approximate surface area is 123 Å².